The van der Waals surface area contributed by atoms with Gasteiger partial charge < -0.3 is 4.74 Å². The molecule has 0 bridgehead atoms. The lowest BCUT2D eigenvalue weighted by molar-refractivity contribution is 0.415. The number of nitrogens with zero attached hydrogens (tertiary/aromatic N) is 1. The van der Waals surface area contributed by atoms with E-state index in [1.165, 1.54) is 0 Å². The zero-order valence-corrected chi connectivity index (χ0v) is 17.7. The largest absolute Gasteiger partial charge is 0.497 e. The van der Waals surface area contributed by atoms with Gasteiger partial charge in [0.05, 0.1) is 17.3 Å². The van der Waals surface area contributed by atoms with Crippen LogP contribution in [0.25, 0.3) is 10.2 Å². The summed E-state index contributed by atoms with van der Waals surface area (Å²) in [4.78, 5) is 4.61. The first-order chi connectivity index (χ1) is 12.9. The predicted octanol–water partition coefficient (Wildman–Crippen LogP) is 4.52. The molecule has 5 nitrogen and oxygen atoms in total. The van der Waals surface area contributed by atoms with E-state index in [2.05, 4.69) is 4.98 Å². The summed E-state index contributed by atoms with van der Waals surface area (Å²) in [6.07, 6.45) is 1.23. The van der Waals surface area contributed by atoms with Crippen LogP contribution in [-0.4, -0.2) is 26.3 Å². The van der Waals surface area contributed by atoms with Crippen LogP contribution in [0.15, 0.2) is 46.8 Å². The van der Waals surface area contributed by atoms with Crippen molar-refractivity contribution in [2.45, 2.75) is 29.4 Å². The molecule has 144 valence electrons. The Bertz CT molecular complexity index is 1030. The van der Waals surface area contributed by atoms with Gasteiger partial charge in [-0.25, -0.2) is 18.5 Å². The Balaban J connectivity index is 1.62. The molecule has 1 aromatic heterocycles. The Labute approximate surface area is 168 Å². The van der Waals surface area contributed by atoms with Crippen LogP contribution in [0.4, 0.5) is 0 Å². The van der Waals surface area contributed by atoms with Crippen molar-refractivity contribution in [3.05, 3.63) is 53.6 Å². The smallest absolute Gasteiger partial charge is 0.216 e. The highest BCUT2D eigenvalue weighted by atomic mass is 32.2. The Morgan fingerprint density at radius 1 is 1.26 bits per heavy atom. The van der Waals surface area contributed by atoms with Gasteiger partial charge in [-0.3, -0.25) is 0 Å². The van der Waals surface area contributed by atoms with Gasteiger partial charge in [-0.15, -0.1) is 11.3 Å². The molecule has 1 unspecified atom stereocenters. The number of sulfonamides is 1. The van der Waals surface area contributed by atoms with E-state index in [0.29, 0.717) is 6.42 Å². The van der Waals surface area contributed by atoms with Crippen LogP contribution in [-0.2, 0) is 10.0 Å². The van der Waals surface area contributed by atoms with Crippen molar-refractivity contribution in [2.75, 3.05) is 12.9 Å². The molecule has 0 aliphatic heterocycles. The van der Waals surface area contributed by atoms with Crippen LogP contribution in [0.5, 0.6) is 5.75 Å². The van der Waals surface area contributed by atoms with Gasteiger partial charge in [0.2, 0.25) is 10.0 Å². The summed E-state index contributed by atoms with van der Waals surface area (Å²) in [5, 5.41) is 4.81. The predicted molar refractivity (Wildman–Crippen MR) is 113 cm³/mol. The maximum absolute atomic E-state index is 12.0. The summed E-state index contributed by atoms with van der Waals surface area (Å²) in [5.74, 6) is 1.60. The quantitative estimate of drug-likeness (QED) is 0.426. The first-order valence-corrected chi connectivity index (χ1v) is 11.9. The third-order valence-corrected chi connectivity index (χ3v) is 7.77. The van der Waals surface area contributed by atoms with Gasteiger partial charge in [0.1, 0.15) is 11.0 Å². The molecule has 0 saturated carbocycles. The number of aryl methyl sites for hydroxylation is 1. The van der Waals surface area contributed by atoms with Gasteiger partial charge in [0.15, 0.2) is 4.34 Å². The van der Waals surface area contributed by atoms with Gasteiger partial charge in [-0.05, 0) is 43.5 Å². The van der Waals surface area contributed by atoms with Gasteiger partial charge in [0.25, 0.3) is 0 Å². The van der Waals surface area contributed by atoms with Crippen LogP contribution in [0.1, 0.15) is 29.2 Å². The summed E-state index contributed by atoms with van der Waals surface area (Å²) in [6, 6.07) is 13.4. The molecular formula is C19H22N2O3S3. The molecule has 3 aromatic rings. The van der Waals surface area contributed by atoms with E-state index < -0.39 is 15.3 Å². The normalized spacial score (nSPS) is 13.0. The number of aromatic nitrogens is 1. The molecule has 27 heavy (non-hydrogen) atoms. The van der Waals surface area contributed by atoms with Gasteiger partial charge in [0, 0.05) is 5.75 Å². The van der Waals surface area contributed by atoms with Gasteiger partial charge in [-0.2, -0.15) is 0 Å². The van der Waals surface area contributed by atoms with Crippen molar-refractivity contribution in [2.24, 2.45) is 5.14 Å². The number of ether oxygens (including phenoxy) is 1. The Hall–Kier alpha value is -1.61. The molecule has 0 radical (unpaired) electrons. The average Bonchev–Trinajstić information content (AvgIpc) is 3.02. The molecule has 0 saturated heterocycles. The fourth-order valence-electron chi connectivity index (χ4n) is 2.89. The highest BCUT2D eigenvalue weighted by molar-refractivity contribution is 8.01. The molecule has 1 heterocycles. The maximum Gasteiger partial charge on any atom is 0.216 e. The van der Waals surface area contributed by atoms with Crippen LogP contribution < -0.4 is 9.88 Å². The number of thiazole rings is 1. The third-order valence-electron chi connectivity index (χ3n) is 4.22. The number of rotatable bonds is 8. The van der Waals surface area contributed by atoms with Gasteiger partial charge in [-0.1, -0.05) is 41.6 Å². The molecule has 1 atom stereocenters. The van der Waals surface area contributed by atoms with E-state index in [0.717, 1.165) is 43.6 Å². The lowest BCUT2D eigenvalue weighted by Crippen LogP contribution is -2.22. The molecule has 0 amide bonds. The topological polar surface area (TPSA) is 82.3 Å². The molecule has 2 aromatic carbocycles. The standard InChI is InChI=1S/C19H22N2O3S3/c1-13-5-3-6-14(11-13)18(27(20,22)23)7-4-10-25-19-21-16-9-8-15(24-2)12-17(16)26-19/h3,5-6,8-9,11-12,18H,4,7,10H2,1-2H3,(H2,20,22,23). The number of hydrogen-bond acceptors (Lipinski definition) is 6. The number of benzene rings is 2. The number of hydrogen-bond donors (Lipinski definition) is 1. The molecule has 3 rings (SSSR count). The summed E-state index contributed by atoms with van der Waals surface area (Å²) < 4.78 is 31.4. The Morgan fingerprint density at radius 3 is 2.78 bits per heavy atom. The molecule has 2 N–H and O–H groups in total. The van der Waals surface area contributed by atoms with Crippen LogP contribution in [0, 0.1) is 6.92 Å². The number of fused-ring (bicyclic) bond motifs is 1. The van der Waals surface area contributed by atoms with E-state index in [-0.39, 0.29) is 0 Å². The van der Waals surface area contributed by atoms with Crippen LogP contribution >= 0.6 is 23.1 Å². The SMILES string of the molecule is COc1ccc2nc(SCCCC(c3cccc(C)c3)S(N)(=O)=O)sc2c1. The second kappa shape index (κ2) is 8.60. The van der Waals surface area contributed by atoms with Crippen molar-refractivity contribution in [1.29, 1.82) is 0 Å². The van der Waals surface area contributed by atoms with Crippen LogP contribution in [0.2, 0.25) is 0 Å². The highest BCUT2D eigenvalue weighted by Crippen LogP contribution is 2.33. The maximum atomic E-state index is 12.0. The van der Waals surface area contributed by atoms with E-state index in [1.807, 2.05) is 49.4 Å². The van der Waals surface area contributed by atoms with Crippen LogP contribution in [0.3, 0.4) is 0 Å². The Morgan fingerprint density at radius 2 is 2.07 bits per heavy atom. The first kappa shape index (κ1) is 20.1. The zero-order valence-electron chi connectivity index (χ0n) is 15.2. The summed E-state index contributed by atoms with van der Waals surface area (Å²) >= 11 is 3.26. The van der Waals surface area contributed by atoms with Crippen molar-refractivity contribution in [3.8, 4) is 5.75 Å². The monoisotopic (exact) mass is 422 g/mol. The number of primary sulfonamides is 1. The molecular weight excluding hydrogens is 400 g/mol. The summed E-state index contributed by atoms with van der Waals surface area (Å²) in [7, 11) is -2.00. The van der Waals surface area contributed by atoms with E-state index >= 15 is 0 Å². The molecule has 0 aliphatic rings. The van der Waals surface area contributed by atoms with Crippen molar-refractivity contribution in [3.63, 3.8) is 0 Å². The zero-order chi connectivity index (χ0) is 19.4. The van der Waals surface area contributed by atoms with Crippen molar-refractivity contribution in [1.82, 2.24) is 4.98 Å². The number of nitrogens with two attached hydrogens (primary N) is 1. The third kappa shape index (κ3) is 5.22. The van der Waals surface area contributed by atoms with Gasteiger partial charge >= 0.3 is 0 Å². The fraction of sp³-hybridized carbons (Fsp3) is 0.316. The molecule has 0 aliphatic carbocycles. The van der Waals surface area contributed by atoms with E-state index in [4.69, 9.17) is 9.88 Å². The lowest BCUT2D eigenvalue weighted by atomic mass is 10.1. The fourth-order valence-corrected chi connectivity index (χ4v) is 6.04. The minimum atomic E-state index is -3.64. The average molecular weight is 423 g/mol. The number of thioether (sulfide) groups is 1. The number of methoxy groups -OCH3 is 1. The molecule has 8 heteroatoms. The highest BCUT2D eigenvalue weighted by Gasteiger charge is 2.23. The summed E-state index contributed by atoms with van der Waals surface area (Å²) in [6.45, 7) is 1.95. The van der Waals surface area contributed by atoms with E-state index in [9.17, 15) is 8.42 Å². The second-order valence-electron chi connectivity index (χ2n) is 6.30. The lowest BCUT2D eigenvalue weighted by Gasteiger charge is -2.15. The molecule has 0 fully saturated rings. The second-order valence-corrected chi connectivity index (χ2v) is 10.4. The minimum Gasteiger partial charge on any atom is -0.497 e. The van der Waals surface area contributed by atoms with Crippen molar-refractivity contribution >= 4 is 43.3 Å². The Kier molecular flexibility index (Phi) is 6.41. The van der Waals surface area contributed by atoms with E-state index in [1.54, 1.807) is 30.2 Å². The molecule has 0 spiro atoms. The van der Waals surface area contributed by atoms with Crippen molar-refractivity contribution < 1.29 is 13.2 Å². The first-order valence-electron chi connectivity index (χ1n) is 8.52. The summed E-state index contributed by atoms with van der Waals surface area (Å²) in [5.41, 5.74) is 2.74. The minimum absolute atomic E-state index is 0.494.